The fourth-order valence-electron chi connectivity index (χ4n) is 5.29. The van der Waals surface area contributed by atoms with Gasteiger partial charge in [0.1, 0.15) is 0 Å². The van der Waals surface area contributed by atoms with Gasteiger partial charge in [-0.25, -0.2) is 0 Å². The van der Waals surface area contributed by atoms with Crippen LogP contribution in [0.15, 0.2) is 128 Å². The third kappa shape index (κ3) is 5.49. The van der Waals surface area contributed by atoms with Gasteiger partial charge in [0.25, 0.3) is 0 Å². The van der Waals surface area contributed by atoms with Crippen molar-refractivity contribution in [3.05, 3.63) is 161 Å². The number of hydrogen-bond donors (Lipinski definition) is 0. The number of rotatable bonds is 8. The number of benzene rings is 5. The normalized spacial score (nSPS) is 10.9. The van der Waals surface area contributed by atoms with Crippen molar-refractivity contribution < 1.29 is 0 Å². The zero-order valence-electron chi connectivity index (χ0n) is 21.9. The zero-order valence-corrected chi connectivity index (χ0v) is 21.9. The summed E-state index contributed by atoms with van der Waals surface area (Å²) >= 11 is 0. The standard InChI is InChI=1S/C37H34/c1-27(31-18-8-5-9-19-31)22-23-32-24-25-33(26-30-16-6-4-7-17-30)37(35-21-13-11-15-29(35)3)36(32)34-20-12-10-14-28(34)2/h4-21,24-25H,1,22-23,26H2,2-3H3. The second kappa shape index (κ2) is 11.3. The molecule has 5 aromatic carbocycles. The lowest BCUT2D eigenvalue weighted by atomic mass is 9.81. The molecular weight excluding hydrogens is 444 g/mol. The van der Waals surface area contributed by atoms with Crippen LogP contribution < -0.4 is 0 Å². The minimum absolute atomic E-state index is 0.903. The lowest BCUT2D eigenvalue weighted by Crippen LogP contribution is -2.02. The molecule has 0 spiro atoms. The molecule has 5 aromatic rings. The van der Waals surface area contributed by atoms with E-state index >= 15 is 0 Å². The van der Waals surface area contributed by atoms with E-state index in [4.69, 9.17) is 0 Å². The van der Waals surface area contributed by atoms with Gasteiger partial charge in [0.05, 0.1) is 0 Å². The first-order valence-corrected chi connectivity index (χ1v) is 13.2. The van der Waals surface area contributed by atoms with Crippen molar-refractivity contribution in [2.24, 2.45) is 0 Å². The molecule has 0 aliphatic carbocycles. The quantitative estimate of drug-likeness (QED) is 0.208. The fraction of sp³-hybridized carbons (Fsp3) is 0.135. The zero-order chi connectivity index (χ0) is 25.6. The van der Waals surface area contributed by atoms with Gasteiger partial charge >= 0.3 is 0 Å². The largest absolute Gasteiger partial charge is 0.0952 e. The molecule has 0 atom stereocenters. The molecule has 0 saturated heterocycles. The SMILES string of the molecule is C=C(CCc1ccc(Cc2ccccc2)c(-c2ccccc2C)c1-c1ccccc1C)c1ccccc1. The molecule has 0 bridgehead atoms. The molecule has 0 radical (unpaired) electrons. The van der Waals surface area contributed by atoms with Gasteiger partial charge < -0.3 is 0 Å². The van der Waals surface area contributed by atoms with Gasteiger partial charge in [-0.1, -0.05) is 128 Å². The summed E-state index contributed by atoms with van der Waals surface area (Å²) in [4.78, 5) is 0. The summed E-state index contributed by atoms with van der Waals surface area (Å²) in [5, 5.41) is 0. The van der Waals surface area contributed by atoms with Crippen LogP contribution in [-0.4, -0.2) is 0 Å². The minimum atomic E-state index is 0.903. The highest BCUT2D eigenvalue weighted by molar-refractivity contribution is 5.90. The smallest absolute Gasteiger partial charge is 0.00194 e. The molecule has 5 rings (SSSR count). The Kier molecular flexibility index (Phi) is 7.47. The maximum Gasteiger partial charge on any atom is -0.00194 e. The highest BCUT2D eigenvalue weighted by atomic mass is 14.2. The Bertz CT molecular complexity index is 1510. The van der Waals surface area contributed by atoms with Gasteiger partial charge in [-0.15, -0.1) is 0 Å². The first kappa shape index (κ1) is 24.5. The molecule has 0 aromatic heterocycles. The molecule has 182 valence electrons. The van der Waals surface area contributed by atoms with Crippen molar-refractivity contribution in [3.8, 4) is 22.3 Å². The summed E-state index contributed by atoms with van der Waals surface area (Å²) in [6.07, 6.45) is 2.77. The van der Waals surface area contributed by atoms with Crippen LogP contribution in [-0.2, 0) is 12.8 Å². The van der Waals surface area contributed by atoms with Crippen LogP contribution in [0.3, 0.4) is 0 Å². The van der Waals surface area contributed by atoms with Crippen LogP contribution in [0.4, 0.5) is 0 Å². The van der Waals surface area contributed by atoms with Crippen LogP contribution in [0.25, 0.3) is 27.8 Å². The molecule has 0 unspecified atom stereocenters. The Morgan fingerprint density at radius 2 is 1.03 bits per heavy atom. The molecular formula is C37H34. The second-order valence-corrected chi connectivity index (χ2v) is 9.90. The van der Waals surface area contributed by atoms with Crippen molar-refractivity contribution in [2.45, 2.75) is 33.1 Å². The van der Waals surface area contributed by atoms with Crippen molar-refractivity contribution in [1.82, 2.24) is 0 Å². The van der Waals surface area contributed by atoms with E-state index in [2.05, 4.69) is 142 Å². The maximum atomic E-state index is 4.43. The molecule has 0 aliphatic heterocycles. The highest BCUT2D eigenvalue weighted by Gasteiger charge is 2.19. The van der Waals surface area contributed by atoms with E-state index in [1.807, 2.05) is 0 Å². The molecule has 37 heavy (non-hydrogen) atoms. The summed E-state index contributed by atoms with van der Waals surface area (Å²) < 4.78 is 0. The molecule has 0 heterocycles. The Balaban J connectivity index is 1.69. The van der Waals surface area contributed by atoms with Gasteiger partial charge in [0, 0.05) is 0 Å². The maximum absolute atomic E-state index is 4.43. The predicted molar refractivity (Wildman–Crippen MR) is 160 cm³/mol. The topological polar surface area (TPSA) is 0 Å². The van der Waals surface area contributed by atoms with E-state index in [9.17, 15) is 0 Å². The van der Waals surface area contributed by atoms with Crippen molar-refractivity contribution in [2.75, 3.05) is 0 Å². The van der Waals surface area contributed by atoms with Crippen molar-refractivity contribution >= 4 is 5.57 Å². The Morgan fingerprint density at radius 3 is 1.62 bits per heavy atom. The first-order chi connectivity index (χ1) is 18.1. The minimum Gasteiger partial charge on any atom is -0.0952 e. The van der Waals surface area contributed by atoms with Crippen molar-refractivity contribution in [1.29, 1.82) is 0 Å². The molecule has 0 heteroatoms. The van der Waals surface area contributed by atoms with Crippen LogP contribution >= 0.6 is 0 Å². The molecule has 0 amide bonds. The fourth-order valence-corrected chi connectivity index (χ4v) is 5.29. The Hall–Kier alpha value is -4.16. The van der Waals surface area contributed by atoms with Crippen LogP contribution in [0.5, 0.6) is 0 Å². The monoisotopic (exact) mass is 478 g/mol. The van der Waals surface area contributed by atoms with E-state index in [1.54, 1.807) is 0 Å². The lowest BCUT2D eigenvalue weighted by Gasteiger charge is -2.23. The van der Waals surface area contributed by atoms with Gasteiger partial charge in [-0.2, -0.15) is 0 Å². The Labute approximate surface area is 222 Å². The lowest BCUT2D eigenvalue weighted by molar-refractivity contribution is 1.02. The third-order valence-corrected chi connectivity index (χ3v) is 7.32. The molecule has 0 aliphatic rings. The number of hydrogen-bond acceptors (Lipinski definition) is 0. The summed E-state index contributed by atoms with van der Waals surface area (Å²) in [5.41, 5.74) is 14.4. The molecule has 0 N–H and O–H groups in total. The second-order valence-electron chi connectivity index (χ2n) is 9.90. The average molecular weight is 479 g/mol. The van der Waals surface area contributed by atoms with Gasteiger partial charge in [-0.05, 0) is 94.3 Å². The average Bonchev–Trinajstić information content (AvgIpc) is 2.94. The summed E-state index contributed by atoms with van der Waals surface area (Å²) in [5.74, 6) is 0. The first-order valence-electron chi connectivity index (χ1n) is 13.2. The predicted octanol–water partition coefficient (Wildman–Crippen LogP) is 9.87. The van der Waals surface area contributed by atoms with E-state index in [0.29, 0.717) is 0 Å². The van der Waals surface area contributed by atoms with Crippen LogP contribution in [0.1, 0.15) is 39.8 Å². The van der Waals surface area contributed by atoms with E-state index in [0.717, 1.165) is 19.3 Å². The number of aryl methyl sites for hydroxylation is 3. The van der Waals surface area contributed by atoms with Gasteiger partial charge in [0.2, 0.25) is 0 Å². The van der Waals surface area contributed by atoms with Crippen molar-refractivity contribution in [3.63, 3.8) is 0 Å². The molecule has 0 fully saturated rings. The van der Waals surface area contributed by atoms with Gasteiger partial charge in [0.15, 0.2) is 0 Å². The molecule has 0 nitrogen and oxygen atoms in total. The summed E-state index contributed by atoms with van der Waals surface area (Å²) in [6.45, 7) is 8.89. The third-order valence-electron chi connectivity index (χ3n) is 7.32. The van der Waals surface area contributed by atoms with E-state index in [1.165, 1.54) is 61.2 Å². The van der Waals surface area contributed by atoms with Crippen LogP contribution in [0, 0.1) is 13.8 Å². The van der Waals surface area contributed by atoms with Gasteiger partial charge in [-0.3, -0.25) is 0 Å². The summed E-state index contributed by atoms with van der Waals surface area (Å²) in [7, 11) is 0. The summed E-state index contributed by atoms with van der Waals surface area (Å²) in [6, 6.07) is 43.7. The van der Waals surface area contributed by atoms with E-state index in [-0.39, 0.29) is 0 Å². The number of allylic oxidation sites excluding steroid dienone is 1. The van der Waals surface area contributed by atoms with Crippen LogP contribution in [0.2, 0.25) is 0 Å². The highest BCUT2D eigenvalue weighted by Crippen LogP contribution is 2.42. The molecule has 0 saturated carbocycles. The van der Waals surface area contributed by atoms with E-state index < -0.39 is 0 Å². The Morgan fingerprint density at radius 1 is 0.541 bits per heavy atom.